The molecule has 1 aliphatic rings. The zero-order chi connectivity index (χ0) is 15.4. The number of nitrogens with one attached hydrogen (secondary N) is 1. The van der Waals surface area contributed by atoms with Crippen LogP contribution < -0.4 is 5.32 Å². The second-order valence-corrected chi connectivity index (χ2v) is 6.00. The molecule has 5 nitrogen and oxygen atoms in total. The van der Waals surface area contributed by atoms with Crippen LogP contribution in [0.15, 0.2) is 29.2 Å². The monoisotopic (exact) mass is 326 g/mol. The van der Waals surface area contributed by atoms with Gasteiger partial charge in [0.05, 0.1) is 10.8 Å². The molecule has 1 fully saturated rings. The van der Waals surface area contributed by atoms with E-state index in [0.717, 1.165) is 4.90 Å². The van der Waals surface area contributed by atoms with Crippen molar-refractivity contribution >= 4 is 41.1 Å². The Bertz CT molecular complexity index is 579. The lowest BCUT2D eigenvalue weighted by Gasteiger charge is -2.33. The van der Waals surface area contributed by atoms with Gasteiger partial charge in [-0.25, -0.2) is 0 Å². The van der Waals surface area contributed by atoms with E-state index in [1.54, 1.807) is 6.07 Å². The molecule has 7 heteroatoms. The van der Waals surface area contributed by atoms with Gasteiger partial charge in [-0.05, 0) is 18.6 Å². The molecule has 1 atom stereocenters. The summed E-state index contributed by atoms with van der Waals surface area (Å²) in [5.41, 5.74) is 0. The number of carbonyl (C=O) groups is 3. The van der Waals surface area contributed by atoms with E-state index < -0.39 is 17.9 Å². The van der Waals surface area contributed by atoms with E-state index in [1.165, 1.54) is 16.7 Å². The van der Waals surface area contributed by atoms with Crippen molar-refractivity contribution in [2.24, 2.45) is 0 Å². The summed E-state index contributed by atoms with van der Waals surface area (Å²) in [6.07, 6.45) is 0.474. The summed E-state index contributed by atoms with van der Waals surface area (Å²) >= 11 is 7.33. The lowest BCUT2D eigenvalue weighted by atomic mass is 10.1. The summed E-state index contributed by atoms with van der Waals surface area (Å²) < 4.78 is 0. The summed E-state index contributed by atoms with van der Waals surface area (Å²) in [6, 6.07) is 6.65. The topological polar surface area (TPSA) is 66.5 Å². The molecule has 1 unspecified atom stereocenters. The smallest absolute Gasteiger partial charge is 0.249 e. The second kappa shape index (κ2) is 6.95. The van der Waals surface area contributed by atoms with E-state index in [4.69, 9.17) is 11.6 Å². The Labute approximate surface area is 132 Å². The van der Waals surface area contributed by atoms with Crippen molar-refractivity contribution in [3.05, 3.63) is 29.3 Å². The van der Waals surface area contributed by atoms with E-state index in [2.05, 4.69) is 5.32 Å². The predicted octanol–water partition coefficient (Wildman–Crippen LogP) is 1.70. The Morgan fingerprint density at radius 1 is 1.43 bits per heavy atom. The highest BCUT2D eigenvalue weighted by Gasteiger charge is 2.35. The van der Waals surface area contributed by atoms with Gasteiger partial charge >= 0.3 is 0 Å². The van der Waals surface area contributed by atoms with Crippen molar-refractivity contribution in [2.75, 3.05) is 12.3 Å². The van der Waals surface area contributed by atoms with Gasteiger partial charge in [0.2, 0.25) is 17.7 Å². The van der Waals surface area contributed by atoms with E-state index >= 15 is 0 Å². The molecule has 3 amide bonds. The fraction of sp³-hybridized carbons (Fsp3) is 0.357. The maximum atomic E-state index is 12.3. The molecule has 1 N–H and O–H groups in total. The number of rotatable bonds is 4. The molecule has 0 aromatic heterocycles. The van der Waals surface area contributed by atoms with Crippen LogP contribution >= 0.6 is 23.4 Å². The van der Waals surface area contributed by atoms with Crippen molar-refractivity contribution in [2.45, 2.75) is 24.3 Å². The number of piperazine rings is 1. The van der Waals surface area contributed by atoms with Crippen LogP contribution in [0.5, 0.6) is 0 Å². The van der Waals surface area contributed by atoms with E-state index in [0.29, 0.717) is 11.4 Å². The number of thioether (sulfide) groups is 1. The highest BCUT2D eigenvalue weighted by atomic mass is 35.5. The maximum Gasteiger partial charge on any atom is 0.249 e. The molecule has 0 spiro atoms. The second-order valence-electron chi connectivity index (χ2n) is 4.58. The van der Waals surface area contributed by atoms with Crippen molar-refractivity contribution in [1.82, 2.24) is 10.2 Å². The molecule has 1 aromatic rings. The van der Waals surface area contributed by atoms with Crippen molar-refractivity contribution < 1.29 is 14.4 Å². The lowest BCUT2D eigenvalue weighted by Crippen LogP contribution is -2.59. The zero-order valence-corrected chi connectivity index (χ0v) is 13.0. The molecule has 1 aromatic carbocycles. The average molecular weight is 327 g/mol. The van der Waals surface area contributed by atoms with Crippen LogP contribution in [0, 0.1) is 0 Å². The van der Waals surface area contributed by atoms with E-state index in [9.17, 15) is 14.4 Å². The Morgan fingerprint density at radius 2 is 2.14 bits per heavy atom. The normalized spacial score (nSPS) is 18.6. The molecule has 1 saturated heterocycles. The Kier molecular flexibility index (Phi) is 5.25. The number of amides is 3. The van der Waals surface area contributed by atoms with Crippen LogP contribution in [0.3, 0.4) is 0 Å². The fourth-order valence-electron chi connectivity index (χ4n) is 2.12. The highest BCUT2D eigenvalue weighted by molar-refractivity contribution is 8.00. The molecule has 0 bridgehead atoms. The summed E-state index contributed by atoms with van der Waals surface area (Å²) in [4.78, 5) is 37.6. The largest absolute Gasteiger partial charge is 0.321 e. The van der Waals surface area contributed by atoms with Gasteiger partial charge in [-0.1, -0.05) is 30.7 Å². The molecule has 0 saturated carbocycles. The van der Waals surface area contributed by atoms with Crippen LogP contribution in [0.4, 0.5) is 0 Å². The first-order chi connectivity index (χ1) is 10.0. The molecule has 1 aliphatic heterocycles. The van der Waals surface area contributed by atoms with Gasteiger partial charge in [0.15, 0.2) is 0 Å². The number of hydrogen-bond donors (Lipinski definition) is 1. The summed E-state index contributed by atoms with van der Waals surface area (Å²) in [5, 5.41) is 2.83. The summed E-state index contributed by atoms with van der Waals surface area (Å²) in [5.74, 6) is -0.957. The highest BCUT2D eigenvalue weighted by Crippen LogP contribution is 2.27. The Hall–Kier alpha value is -1.53. The van der Waals surface area contributed by atoms with Gasteiger partial charge in [-0.3, -0.25) is 19.7 Å². The SMILES string of the molecule is CCC1C(=O)NC(=O)CN1C(=O)CSc1ccccc1Cl. The zero-order valence-electron chi connectivity index (χ0n) is 11.5. The van der Waals surface area contributed by atoms with Crippen LogP contribution in [0.1, 0.15) is 13.3 Å². The fourth-order valence-corrected chi connectivity index (χ4v) is 3.24. The molecule has 0 aliphatic carbocycles. The third-order valence-corrected chi connectivity index (χ3v) is 4.65. The minimum atomic E-state index is -0.581. The summed E-state index contributed by atoms with van der Waals surface area (Å²) in [7, 11) is 0. The van der Waals surface area contributed by atoms with Gasteiger partial charge in [-0.15, -0.1) is 11.8 Å². The number of nitrogens with zero attached hydrogens (tertiary/aromatic N) is 1. The minimum Gasteiger partial charge on any atom is -0.321 e. The molecular formula is C14H15ClN2O3S. The third-order valence-electron chi connectivity index (χ3n) is 3.15. The van der Waals surface area contributed by atoms with Crippen molar-refractivity contribution in [3.8, 4) is 0 Å². The predicted molar refractivity (Wildman–Crippen MR) is 81.1 cm³/mol. The molecule has 2 rings (SSSR count). The Balaban J connectivity index is 2.03. The number of halogens is 1. The molecule has 112 valence electrons. The first-order valence-corrected chi connectivity index (χ1v) is 7.89. The van der Waals surface area contributed by atoms with Crippen LogP contribution in [-0.4, -0.2) is 41.0 Å². The van der Waals surface area contributed by atoms with Crippen molar-refractivity contribution in [3.63, 3.8) is 0 Å². The lowest BCUT2D eigenvalue weighted by molar-refractivity contribution is -0.148. The molecule has 21 heavy (non-hydrogen) atoms. The van der Waals surface area contributed by atoms with Gasteiger partial charge in [0.1, 0.15) is 12.6 Å². The van der Waals surface area contributed by atoms with Crippen LogP contribution in [0.25, 0.3) is 0 Å². The van der Waals surface area contributed by atoms with Crippen molar-refractivity contribution in [1.29, 1.82) is 0 Å². The van der Waals surface area contributed by atoms with Crippen LogP contribution in [0.2, 0.25) is 5.02 Å². The third kappa shape index (κ3) is 3.77. The minimum absolute atomic E-state index is 0.0772. The van der Waals surface area contributed by atoms with Crippen LogP contribution in [-0.2, 0) is 14.4 Å². The quantitative estimate of drug-likeness (QED) is 0.675. The first kappa shape index (κ1) is 15.9. The number of hydrogen-bond acceptors (Lipinski definition) is 4. The van der Waals surface area contributed by atoms with Gasteiger partial charge < -0.3 is 4.90 Å². The number of imide groups is 1. The van der Waals surface area contributed by atoms with Gasteiger partial charge in [-0.2, -0.15) is 0 Å². The summed E-state index contributed by atoms with van der Waals surface area (Å²) in [6.45, 7) is 1.73. The average Bonchev–Trinajstić information content (AvgIpc) is 2.45. The molecule has 1 heterocycles. The number of benzene rings is 1. The van der Waals surface area contributed by atoms with E-state index in [-0.39, 0.29) is 18.2 Å². The van der Waals surface area contributed by atoms with E-state index in [1.807, 2.05) is 25.1 Å². The first-order valence-electron chi connectivity index (χ1n) is 6.53. The Morgan fingerprint density at radius 3 is 2.81 bits per heavy atom. The number of carbonyl (C=O) groups excluding carboxylic acids is 3. The molecule has 0 radical (unpaired) electrons. The molecular weight excluding hydrogens is 312 g/mol. The van der Waals surface area contributed by atoms with Gasteiger partial charge in [0.25, 0.3) is 0 Å². The maximum absolute atomic E-state index is 12.3. The van der Waals surface area contributed by atoms with Gasteiger partial charge in [0, 0.05) is 4.90 Å². The standard InChI is InChI=1S/C14H15ClN2O3S/c1-2-10-14(20)16-12(18)7-17(10)13(19)8-21-11-6-4-3-5-9(11)15/h3-6,10H,2,7-8H2,1H3,(H,16,18,20).